The van der Waals surface area contributed by atoms with Crippen molar-refractivity contribution in [2.45, 2.75) is 32.7 Å². The first-order chi connectivity index (χ1) is 11.9. The number of thioether (sulfide) groups is 1. The molecule has 0 aromatic heterocycles. The number of rotatable bonds is 7. The van der Waals surface area contributed by atoms with Crippen LogP contribution in [0.3, 0.4) is 0 Å². The van der Waals surface area contributed by atoms with E-state index in [9.17, 15) is 19.8 Å². The zero-order valence-electron chi connectivity index (χ0n) is 13.9. The molecule has 1 aliphatic heterocycles. The molecule has 1 aromatic carbocycles. The van der Waals surface area contributed by atoms with E-state index in [1.807, 2.05) is 6.92 Å². The van der Waals surface area contributed by atoms with Crippen LogP contribution in [0.5, 0.6) is 11.5 Å². The fourth-order valence-electron chi connectivity index (χ4n) is 2.43. The van der Waals surface area contributed by atoms with Crippen molar-refractivity contribution in [2.75, 3.05) is 6.61 Å². The van der Waals surface area contributed by atoms with Gasteiger partial charge in [0, 0.05) is 0 Å². The van der Waals surface area contributed by atoms with Gasteiger partial charge < -0.3 is 14.9 Å². The summed E-state index contributed by atoms with van der Waals surface area (Å²) in [5.41, 5.74) is 0.657. The molecule has 1 aliphatic rings. The second kappa shape index (κ2) is 8.35. The van der Waals surface area contributed by atoms with Gasteiger partial charge in [0.15, 0.2) is 11.5 Å². The number of aliphatic carboxylic acids is 1. The van der Waals surface area contributed by atoms with E-state index in [2.05, 4.69) is 0 Å². The lowest BCUT2D eigenvalue weighted by Crippen LogP contribution is -2.43. The molecule has 0 spiro atoms. The molecular formula is C17H19NO5S2. The lowest BCUT2D eigenvalue weighted by Gasteiger charge is -2.22. The summed E-state index contributed by atoms with van der Waals surface area (Å²) in [4.78, 5) is 25.6. The third-order valence-electron chi connectivity index (χ3n) is 3.56. The quantitative estimate of drug-likeness (QED) is 0.554. The summed E-state index contributed by atoms with van der Waals surface area (Å²) in [5, 5.41) is 19.1. The van der Waals surface area contributed by atoms with E-state index in [0.29, 0.717) is 35.7 Å². The highest BCUT2D eigenvalue weighted by Crippen LogP contribution is 2.36. The standard InChI is InChI=1S/C17H19NO5S2/c1-3-5-11(16(21)22)18-15(20)14(25-17(18)24)9-10-6-7-12(19)13(8-10)23-4-2/h6-9,11,19H,3-5H2,1-2H3,(H,21,22). The summed E-state index contributed by atoms with van der Waals surface area (Å²) < 4.78 is 5.56. The van der Waals surface area contributed by atoms with Crippen LogP contribution in [0.4, 0.5) is 0 Å². The normalized spacial score (nSPS) is 17.2. The van der Waals surface area contributed by atoms with Crippen molar-refractivity contribution in [2.24, 2.45) is 0 Å². The molecule has 0 bridgehead atoms. The van der Waals surface area contributed by atoms with E-state index in [0.717, 1.165) is 11.8 Å². The van der Waals surface area contributed by atoms with Crippen LogP contribution in [0.2, 0.25) is 0 Å². The molecular weight excluding hydrogens is 362 g/mol. The summed E-state index contributed by atoms with van der Waals surface area (Å²) in [6.45, 7) is 4.06. The largest absolute Gasteiger partial charge is 0.504 e. The molecule has 1 fully saturated rings. The second-order valence-corrected chi connectivity index (χ2v) is 7.03. The van der Waals surface area contributed by atoms with Crippen LogP contribution in [0.15, 0.2) is 23.1 Å². The third kappa shape index (κ3) is 4.32. The monoisotopic (exact) mass is 381 g/mol. The van der Waals surface area contributed by atoms with Gasteiger partial charge in [-0.05, 0) is 37.1 Å². The van der Waals surface area contributed by atoms with Gasteiger partial charge >= 0.3 is 5.97 Å². The number of carboxylic acids is 1. The number of thiocarbonyl (C=S) groups is 1. The van der Waals surface area contributed by atoms with Crippen molar-refractivity contribution in [3.8, 4) is 11.5 Å². The van der Waals surface area contributed by atoms with Crippen LogP contribution in [-0.2, 0) is 9.59 Å². The van der Waals surface area contributed by atoms with Crippen LogP contribution < -0.4 is 4.74 Å². The summed E-state index contributed by atoms with van der Waals surface area (Å²) in [6.07, 6.45) is 2.58. The van der Waals surface area contributed by atoms with E-state index in [1.54, 1.807) is 25.1 Å². The first kappa shape index (κ1) is 19.3. The van der Waals surface area contributed by atoms with Gasteiger partial charge in [-0.15, -0.1) is 0 Å². The summed E-state index contributed by atoms with van der Waals surface area (Å²) in [7, 11) is 0. The Kier molecular flexibility index (Phi) is 6.44. The van der Waals surface area contributed by atoms with Crippen molar-refractivity contribution >= 4 is 46.3 Å². The van der Waals surface area contributed by atoms with Crippen LogP contribution in [-0.4, -0.2) is 44.0 Å². The molecule has 1 atom stereocenters. The smallest absolute Gasteiger partial charge is 0.326 e. The Morgan fingerprint density at radius 2 is 2.16 bits per heavy atom. The molecule has 2 rings (SSSR count). The third-order valence-corrected chi connectivity index (χ3v) is 4.89. The van der Waals surface area contributed by atoms with Crippen molar-refractivity contribution < 1.29 is 24.5 Å². The molecule has 8 heteroatoms. The summed E-state index contributed by atoms with van der Waals surface area (Å²) >= 11 is 6.28. The molecule has 2 N–H and O–H groups in total. The molecule has 1 saturated heterocycles. The maximum absolute atomic E-state index is 12.6. The summed E-state index contributed by atoms with van der Waals surface area (Å²) in [6, 6.07) is 3.79. The Bertz CT molecular complexity index is 732. The maximum Gasteiger partial charge on any atom is 0.326 e. The van der Waals surface area contributed by atoms with Gasteiger partial charge in [-0.3, -0.25) is 9.69 Å². The number of ether oxygens (including phenoxy) is 1. The fraction of sp³-hybridized carbons (Fsp3) is 0.353. The first-order valence-corrected chi connectivity index (χ1v) is 9.07. The molecule has 0 aliphatic carbocycles. The highest BCUT2D eigenvalue weighted by atomic mass is 32.2. The lowest BCUT2D eigenvalue weighted by molar-refractivity contribution is -0.145. The molecule has 1 amide bonds. The Morgan fingerprint density at radius 1 is 1.44 bits per heavy atom. The van der Waals surface area contributed by atoms with Gasteiger partial charge in [-0.1, -0.05) is 43.4 Å². The van der Waals surface area contributed by atoms with Gasteiger partial charge in [-0.2, -0.15) is 0 Å². The van der Waals surface area contributed by atoms with Crippen LogP contribution in [0.1, 0.15) is 32.3 Å². The molecule has 0 saturated carbocycles. The highest BCUT2D eigenvalue weighted by molar-refractivity contribution is 8.26. The number of nitrogens with zero attached hydrogens (tertiary/aromatic N) is 1. The topological polar surface area (TPSA) is 87.1 Å². The molecule has 1 heterocycles. The zero-order chi connectivity index (χ0) is 18.6. The molecule has 0 radical (unpaired) electrons. The lowest BCUT2D eigenvalue weighted by atomic mass is 10.1. The number of aromatic hydroxyl groups is 1. The number of phenolic OH excluding ortho intramolecular Hbond substituents is 1. The number of phenols is 1. The van der Waals surface area contributed by atoms with Crippen LogP contribution in [0, 0.1) is 0 Å². The van der Waals surface area contributed by atoms with E-state index in [1.165, 1.54) is 11.0 Å². The van der Waals surface area contributed by atoms with Gasteiger partial charge in [0.2, 0.25) is 0 Å². The molecule has 6 nitrogen and oxygen atoms in total. The minimum atomic E-state index is -1.07. The van der Waals surface area contributed by atoms with Gasteiger partial charge in [0.25, 0.3) is 5.91 Å². The SMILES string of the molecule is CCCC(C(=O)O)N1C(=O)C(=Cc2ccc(O)c(OCC)c2)SC1=S. The number of carbonyl (C=O) groups excluding carboxylic acids is 1. The molecule has 1 unspecified atom stereocenters. The van der Waals surface area contributed by atoms with E-state index in [-0.39, 0.29) is 10.1 Å². The summed E-state index contributed by atoms with van der Waals surface area (Å²) in [5.74, 6) is -1.15. The molecule has 1 aromatic rings. The second-order valence-electron chi connectivity index (χ2n) is 5.35. The number of hydrogen-bond donors (Lipinski definition) is 2. The number of amides is 1. The van der Waals surface area contributed by atoms with Gasteiger partial charge in [0.1, 0.15) is 10.4 Å². The van der Waals surface area contributed by atoms with Crippen molar-refractivity contribution in [1.29, 1.82) is 0 Å². The molecule has 134 valence electrons. The number of carbonyl (C=O) groups is 2. The predicted octanol–water partition coefficient (Wildman–Crippen LogP) is 3.25. The van der Waals surface area contributed by atoms with Crippen molar-refractivity contribution in [3.63, 3.8) is 0 Å². The van der Waals surface area contributed by atoms with Crippen LogP contribution >= 0.6 is 24.0 Å². The Balaban J connectivity index is 2.31. The highest BCUT2D eigenvalue weighted by Gasteiger charge is 2.39. The van der Waals surface area contributed by atoms with E-state index >= 15 is 0 Å². The van der Waals surface area contributed by atoms with Crippen molar-refractivity contribution in [3.05, 3.63) is 28.7 Å². The minimum absolute atomic E-state index is 0.0143. The van der Waals surface area contributed by atoms with E-state index in [4.69, 9.17) is 17.0 Å². The number of hydrogen-bond acceptors (Lipinski definition) is 6. The van der Waals surface area contributed by atoms with Gasteiger partial charge in [-0.25, -0.2) is 4.79 Å². The fourth-order valence-corrected chi connectivity index (χ4v) is 3.78. The number of carboxylic acid groups (broad SMARTS) is 1. The van der Waals surface area contributed by atoms with Gasteiger partial charge in [0.05, 0.1) is 11.5 Å². The Hall–Kier alpha value is -2.06. The minimum Gasteiger partial charge on any atom is -0.504 e. The average molecular weight is 381 g/mol. The zero-order valence-corrected chi connectivity index (χ0v) is 15.5. The van der Waals surface area contributed by atoms with Crippen LogP contribution in [0.25, 0.3) is 6.08 Å². The Morgan fingerprint density at radius 3 is 2.76 bits per heavy atom. The Labute approximate surface area is 155 Å². The number of benzene rings is 1. The van der Waals surface area contributed by atoms with E-state index < -0.39 is 17.9 Å². The average Bonchev–Trinajstić information content (AvgIpc) is 2.82. The maximum atomic E-state index is 12.6. The molecule has 25 heavy (non-hydrogen) atoms. The van der Waals surface area contributed by atoms with Crippen molar-refractivity contribution in [1.82, 2.24) is 4.90 Å². The predicted molar refractivity (Wildman–Crippen MR) is 101 cm³/mol. The first-order valence-electron chi connectivity index (χ1n) is 7.84.